The molecule has 1 aliphatic heterocycles. The Hall–Kier alpha value is -4.43. The van der Waals surface area contributed by atoms with Crippen molar-refractivity contribution in [1.82, 2.24) is 4.57 Å². The smallest absolute Gasteiger partial charge is 0.338 e. The Morgan fingerprint density at radius 1 is 1.00 bits per heavy atom. The lowest BCUT2D eigenvalue weighted by Gasteiger charge is -2.24. The number of hydrogen-bond donors (Lipinski definition) is 0. The quantitative estimate of drug-likeness (QED) is 0.310. The number of carbonyl (C=O) groups excluding carboxylic acids is 1. The summed E-state index contributed by atoms with van der Waals surface area (Å²) in [5, 5.41) is 0. The third-order valence-electron chi connectivity index (χ3n) is 6.34. The Bertz CT molecular complexity index is 1710. The summed E-state index contributed by atoms with van der Waals surface area (Å²) in [5.41, 5.74) is 3.29. The summed E-state index contributed by atoms with van der Waals surface area (Å²) in [5.74, 6) is 0.717. The molecule has 0 N–H and O–H groups in total. The molecule has 2 heterocycles. The van der Waals surface area contributed by atoms with E-state index in [1.807, 2.05) is 91.9 Å². The summed E-state index contributed by atoms with van der Waals surface area (Å²) in [7, 11) is 1.33. The minimum absolute atomic E-state index is 0.233. The highest BCUT2D eigenvalue weighted by molar-refractivity contribution is 7.07. The normalized spacial score (nSPS) is 14.9. The fourth-order valence-corrected chi connectivity index (χ4v) is 5.58. The van der Waals surface area contributed by atoms with Gasteiger partial charge in [0.2, 0.25) is 0 Å². The van der Waals surface area contributed by atoms with E-state index in [4.69, 9.17) is 14.2 Å². The Morgan fingerprint density at radius 3 is 2.41 bits per heavy atom. The molecule has 1 atom stereocenters. The summed E-state index contributed by atoms with van der Waals surface area (Å²) in [4.78, 5) is 31.7. The topological polar surface area (TPSA) is 79.1 Å². The number of rotatable bonds is 8. The van der Waals surface area contributed by atoms with Gasteiger partial charge in [0.1, 0.15) is 6.61 Å². The van der Waals surface area contributed by atoms with Gasteiger partial charge in [-0.15, -0.1) is 0 Å². The lowest BCUT2D eigenvalue weighted by Crippen LogP contribution is -2.39. The number of carbonyl (C=O) groups is 1. The predicted molar refractivity (Wildman–Crippen MR) is 151 cm³/mol. The number of benzene rings is 3. The number of thiazole rings is 1. The molecule has 39 heavy (non-hydrogen) atoms. The van der Waals surface area contributed by atoms with Crippen LogP contribution in [0.25, 0.3) is 6.08 Å². The molecule has 0 spiro atoms. The average Bonchev–Trinajstić information content (AvgIpc) is 3.26. The van der Waals surface area contributed by atoms with Crippen molar-refractivity contribution in [2.24, 2.45) is 4.99 Å². The lowest BCUT2D eigenvalue weighted by molar-refractivity contribution is -0.136. The van der Waals surface area contributed by atoms with Crippen LogP contribution in [0.15, 0.2) is 99.9 Å². The monoisotopic (exact) mass is 540 g/mol. The minimum atomic E-state index is -0.634. The van der Waals surface area contributed by atoms with Gasteiger partial charge in [0.25, 0.3) is 5.56 Å². The molecule has 1 aliphatic rings. The predicted octanol–water partition coefficient (Wildman–Crippen LogP) is 4.39. The molecule has 5 rings (SSSR count). The zero-order valence-corrected chi connectivity index (χ0v) is 22.7. The van der Waals surface area contributed by atoms with Crippen molar-refractivity contribution in [3.8, 4) is 11.5 Å². The maximum atomic E-state index is 13.8. The average molecular weight is 541 g/mol. The molecule has 0 aliphatic carbocycles. The van der Waals surface area contributed by atoms with Crippen LogP contribution in [0.3, 0.4) is 0 Å². The lowest BCUT2D eigenvalue weighted by atomic mass is 9.96. The van der Waals surface area contributed by atoms with Gasteiger partial charge in [0, 0.05) is 0 Å². The van der Waals surface area contributed by atoms with Gasteiger partial charge in [-0.3, -0.25) is 9.36 Å². The number of methoxy groups -OCH3 is 1. The van der Waals surface area contributed by atoms with E-state index in [1.54, 1.807) is 11.5 Å². The highest BCUT2D eigenvalue weighted by atomic mass is 32.1. The van der Waals surface area contributed by atoms with Crippen molar-refractivity contribution in [2.75, 3.05) is 13.7 Å². The van der Waals surface area contributed by atoms with Crippen LogP contribution in [-0.4, -0.2) is 24.3 Å². The van der Waals surface area contributed by atoms with E-state index >= 15 is 0 Å². The first-order valence-corrected chi connectivity index (χ1v) is 13.4. The molecule has 0 unspecified atom stereocenters. The molecule has 0 saturated carbocycles. The van der Waals surface area contributed by atoms with Crippen LogP contribution < -0.4 is 24.4 Å². The third-order valence-corrected chi connectivity index (χ3v) is 7.33. The number of fused-ring (bicyclic) bond motifs is 1. The van der Waals surface area contributed by atoms with Crippen LogP contribution in [0.1, 0.15) is 36.6 Å². The minimum Gasteiger partial charge on any atom is -0.490 e. The molecule has 7 nitrogen and oxygen atoms in total. The Morgan fingerprint density at radius 2 is 1.72 bits per heavy atom. The zero-order chi connectivity index (χ0) is 27.4. The van der Waals surface area contributed by atoms with Gasteiger partial charge in [-0.1, -0.05) is 78.1 Å². The van der Waals surface area contributed by atoms with E-state index in [0.717, 1.165) is 16.7 Å². The number of hydrogen-bond acceptors (Lipinski definition) is 7. The molecule has 0 amide bonds. The van der Waals surface area contributed by atoms with Crippen molar-refractivity contribution >= 4 is 23.4 Å². The maximum Gasteiger partial charge on any atom is 0.338 e. The SMILES string of the molecule is CCOc1cc(/C=c2\sc3n(c2=O)[C@@H](c2ccccc2)C(C(=O)OC)=C(C)N=3)ccc1OCc1ccccc1. The number of esters is 1. The van der Waals surface area contributed by atoms with Gasteiger partial charge >= 0.3 is 5.97 Å². The first-order chi connectivity index (χ1) is 19.0. The van der Waals surface area contributed by atoms with Crippen LogP contribution in [0.4, 0.5) is 0 Å². The summed E-state index contributed by atoms with van der Waals surface area (Å²) >= 11 is 1.28. The molecular formula is C31H28N2O5S. The van der Waals surface area contributed by atoms with Gasteiger partial charge in [-0.25, -0.2) is 9.79 Å². The second kappa shape index (κ2) is 11.5. The highest BCUT2D eigenvalue weighted by Gasteiger charge is 2.32. The van der Waals surface area contributed by atoms with Crippen LogP contribution in [-0.2, 0) is 16.1 Å². The first kappa shape index (κ1) is 26.2. The van der Waals surface area contributed by atoms with Gasteiger partial charge in [0.05, 0.1) is 35.6 Å². The molecular weight excluding hydrogens is 512 g/mol. The fourth-order valence-electron chi connectivity index (χ4n) is 4.53. The Balaban J connectivity index is 1.56. The van der Waals surface area contributed by atoms with Crippen molar-refractivity contribution in [1.29, 1.82) is 0 Å². The summed E-state index contributed by atoms with van der Waals surface area (Å²) in [6.07, 6.45) is 1.81. The highest BCUT2D eigenvalue weighted by Crippen LogP contribution is 2.31. The van der Waals surface area contributed by atoms with E-state index in [-0.39, 0.29) is 5.56 Å². The van der Waals surface area contributed by atoms with Gasteiger partial charge in [-0.2, -0.15) is 0 Å². The van der Waals surface area contributed by atoms with E-state index in [2.05, 4.69) is 4.99 Å². The Kier molecular flexibility index (Phi) is 7.74. The summed E-state index contributed by atoms with van der Waals surface area (Å²) in [6.45, 7) is 4.57. The zero-order valence-electron chi connectivity index (χ0n) is 21.9. The molecule has 3 aromatic carbocycles. The van der Waals surface area contributed by atoms with Crippen LogP contribution >= 0.6 is 11.3 Å². The number of nitrogens with zero attached hydrogens (tertiary/aromatic N) is 2. The first-order valence-electron chi connectivity index (χ1n) is 12.6. The third kappa shape index (κ3) is 5.42. The van der Waals surface area contributed by atoms with E-state index in [9.17, 15) is 9.59 Å². The molecule has 1 aromatic heterocycles. The van der Waals surface area contributed by atoms with Gasteiger partial charge < -0.3 is 14.2 Å². The molecule has 4 aromatic rings. The van der Waals surface area contributed by atoms with Crippen molar-refractivity contribution in [2.45, 2.75) is 26.5 Å². The molecule has 0 bridgehead atoms. The largest absolute Gasteiger partial charge is 0.490 e. The molecule has 8 heteroatoms. The van der Waals surface area contributed by atoms with Gasteiger partial charge in [0.15, 0.2) is 16.3 Å². The number of aromatic nitrogens is 1. The second-order valence-corrected chi connectivity index (χ2v) is 9.91. The molecule has 0 fully saturated rings. The number of ether oxygens (including phenoxy) is 3. The summed E-state index contributed by atoms with van der Waals surface area (Å²) < 4.78 is 19.0. The van der Waals surface area contributed by atoms with Crippen LogP contribution in [0, 0.1) is 0 Å². The van der Waals surface area contributed by atoms with Crippen molar-refractivity contribution in [3.05, 3.63) is 127 Å². The standard InChI is InChI=1S/C31H28N2O5S/c1-4-37-25-17-22(15-16-24(25)38-19-21-11-7-5-8-12-21)18-26-29(34)33-28(23-13-9-6-10-14-23)27(30(35)36-3)20(2)32-31(33)39-26/h5-18,28H,4,19H2,1-3H3/b26-18-/t28-/m0/s1. The molecule has 0 saturated heterocycles. The van der Waals surface area contributed by atoms with E-state index in [1.165, 1.54) is 18.4 Å². The van der Waals surface area contributed by atoms with Gasteiger partial charge in [-0.05, 0) is 48.7 Å². The van der Waals surface area contributed by atoms with Crippen LogP contribution in [0.5, 0.6) is 11.5 Å². The van der Waals surface area contributed by atoms with E-state index in [0.29, 0.717) is 45.3 Å². The van der Waals surface area contributed by atoms with E-state index < -0.39 is 12.0 Å². The second-order valence-electron chi connectivity index (χ2n) is 8.90. The number of allylic oxidation sites excluding steroid dienone is 1. The Labute approximate surface area is 229 Å². The summed E-state index contributed by atoms with van der Waals surface area (Å²) in [6, 6.07) is 24.3. The molecule has 198 valence electrons. The maximum absolute atomic E-state index is 13.8. The molecule has 0 radical (unpaired) electrons. The van der Waals surface area contributed by atoms with Crippen LogP contribution in [0.2, 0.25) is 0 Å². The fraction of sp³-hybridized carbons (Fsp3) is 0.194. The van der Waals surface area contributed by atoms with Crippen molar-refractivity contribution in [3.63, 3.8) is 0 Å². The van der Waals surface area contributed by atoms with Crippen molar-refractivity contribution < 1.29 is 19.0 Å².